The van der Waals surface area contributed by atoms with Crippen LogP contribution in [0.5, 0.6) is 0 Å². The highest BCUT2D eigenvalue weighted by atomic mass is 16.5. The summed E-state index contributed by atoms with van der Waals surface area (Å²) >= 11 is 0. The number of hydrogen-bond donors (Lipinski definition) is 2. The maximum Gasteiger partial charge on any atom is 0.318 e. The van der Waals surface area contributed by atoms with Crippen LogP contribution in [-0.2, 0) is 4.74 Å². The minimum atomic E-state index is -0.719. The van der Waals surface area contributed by atoms with Crippen molar-refractivity contribution >= 4 is 6.03 Å². The zero-order chi connectivity index (χ0) is 15.4. The fourth-order valence-electron chi connectivity index (χ4n) is 3.30. The van der Waals surface area contributed by atoms with Gasteiger partial charge in [-0.1, -0.05) is 12.8 Å². The Morgan fingerprint density at radius 2 is 2.27 bits per heavy atom. The molecule has 6 heteroatoms. The quantitative estimate of drug-likeness (QED) is 0.893. The van der Waals surface area contributed by atoms with E-state index < -0.39 is 6.10 Å². The van der Waals surface area contributed by atoms with Crippen molar-refractivity contribution in [1.82, 2.24) is 10.2 Å². The average Bonchev–Trinajstić information content (AvgIpc) is 3.21. The molecule has 122 valence electrons. The van der Waals surface area contributed by atoms with E-state index in [0.717, 1.165) is 12.8 Å². The van der Waals surface area contributed by atoms with E-state index in [2.05, 4.69) is 5.32 Å². The second-order valence-corrected chi connectivity index (χ2v) is 6.12. The van der Waals surface area contributed by atoms with Gasteiger partial charge in [-0.2, -0.15) is 0 Å². The van der Waals surface area contributed by atoms with Crippen molar-refractivity contribution < 1.29 is 19.1 Å². The lowest BCUT2D eigenvalue weighted by molar-refractivity contribution is -0.0101. The van der Waals surface area contributed by atoms with Gasteiger partial charge in [0.15, 0.2) is 0 Å². The molecular weight excluding hydrogens is 284 g/mol. The van der Waals surface area contributed by atoms with Crippen molar-refractivity contribution in [2.75, 3.05) is 19.8 Å². The first-order valence-corrected chi connectivity index (χ1v) is 8.10. The van der Waals surface area contributed by atoms with Crippen LogP contribution in [0.2, 0.25) is 0 Å². The van der Waals surface area contributed by atoms with E-state index in [-0.39, 0.29) is 12.1 Å². The number of amides is 2. The van der Waals surface area contributed by atoms with E-state index in [4.69, 9.17) is 9.15 Å². The molecule has 1 aliphatic heterocycles. The van der Waals surface area contributed by atoms with Crippen LogP contribution in [0, 0.1) is 0 Å². The molecule has 2 heterocycles. The normalized spacial score (nSPS) is 24.4. The van der Waals surface area contributed by atoms with Crippen LogP contribution in [-0.4, -0.2) is 47.9 Å². The fraction of sp³-hybridized carbons (Fsp3) is 0.688. The lowest BCUT2D eigenvalue weighted by Crippen LogP contribution is -2.54. The highest BCUT2D eigenvalue weighted by molar-refractivity contribution is 5.75. The van der Waals surface area contributed by atoms with E-state index in [9.17, 15) is 9.90 Å². The lowest BCUT2D eigenvalue weighted by Gasteiger charge is -2.37. The highest BCUT2D eigenvalue weighted by Gasteiger charge is 2.31. The molecule has 0 bridgehead atoms. The number of aliphatic hydroxyl groups excluding tert-OH is 1. The molecule has 6 nitrogen and oxygen atoms in total. The van der Waals surface area contributed by atoms with Crippen molar-refractivity contribution in [3.05, 3.63) is 24.2 Å². The zero-order valence-corrected chi connectivity index (χ0v) is 12.7. The van der Waals surface area contributed by atoms with Gasteiger partial charge in [-0.05, 0) is 25.0 Å². The molecule has 0 aromatic carbocycles. The Balaban J connectivity index is 1.59. The molecule has 1 saturated carbocycles. The van der Waals surface area contributed by atoms with Crippen LogP contribution < -0.4 is 5.32 Å². The van der Waals surface area contributed by atoms with Gasteiger partial charge in [-0.3, -0.25) is 0 Å². The maximum absolute atomic E-state index is 12.5. The van der Waals surface area contributed by atoms with E-state index in [1.165, 1.54) is 12.8 Å². The molecule has 22 heavy (non-hydrogen) atoms. The molecule has 2 N–H and O–H groups in total. The van der Waals surface area contributed by atoms with Gasteiger partial charge >= 0.3 is 6.03 Å². The highest BCUT2D eigenvalue weighted by Crippen LogP contribution is 2.24. The number of carbonyl (C=O) groups is 1. The first-order chi connectivity index (χ1) is 10.7. The van der Waals surface area contributed by atoms with Gasteiger partial charge in [0.05, 0.1) is 25.5 Å². The van der Waals surface area contributed by atoms with E-state index in [1.807, 2.05) is 0 Å². The topological polar surface area (TPSA) is 74.9 Å². The molecule has 1 saturated heterocycles. The summed E-state index contributed by atoms with van der Waals surface area (Å²) in [6.07, 6.45) is 5.75. The summed E-state index contributed by atoms with van der Waals surface area (Å²) in [5.74, 6) is 0.529. The minimum absolute atomic E-state index is 0.0353. The van der Waals surface area contributed by atoms with Crippen LogP contribution >= 0.6 is 0 Å². The molecule has 0 radical (unpaired) electrons. The third-order valence-corrected chi connectivity index (χ3v) is 4.54. The summed E-state index contributed by atoms with van der Waals surface area (Å²) in [5.41, 5.74) is 0. The second-order valence-electron chi connectivity index (χ2n) is 6.12. The predicted octanol–water partition coefficient (Wildman–Crippen LogP) is 2.06. The number of ether oxygens (including phenoxy) is 1. The molecule has 0 spiro atoms. The third-order valence-electron chi connectivity index (χ3n) is 4.54. The number of morpholine rings is 1. The molecule has 1 aliphatic carbocycles. The smallest absolute Gasteiger partial charge is 0.318 e. The summed E-state index contributed by atoms with van der Waals surface area (Å²) in [5, 5.41) is 13.4. The van der Waals surface area contributed by atoms with Gasteiger partial charge in [-0.25, -0.2) is 4.79 Å². The summed E-state index contributed by atoms with van der Waals surface area (Å²) in [4.78, 5) is 14.3. The molecule has 2 amide bonds. The molecular formula is C16H24N2O4. The summed E-state index contributed by atoms with van der Waals surface area (Å²) in [6.45, 7) is 1.56. The molecule has 2 unspecified atom stereocenters. The average molecular weight is 308 g/mol. The largest absolute Gasteiger partial charge is 0.467 e. The van der Waals surface area contributed by atoms with Crippen LogP contribution in [0.3, 0.4) is 0 Å². The van der Waals surface area contributed by atoms with Gasteiger partial charge in [0.25, 0.3) is 0 Å². The Morgan fingerprint density at radius 1 is 1.45 bits per heavy atom. The number of furan rings is 1. The van der Waals surface area contributed by atoms with Crippen molar-refractivity contribution in [3.8, 4) is 0 Å². The van der Waals surface area contributed by atoms with Crippen molar-refractivity contribution in [2.24, 2.45) is 0 Å². The van der Waals surface area contributed by atoms with Crippen LogP contribution in [0.25, 0.3) is 0 Å². The van der Waals surface area contributed by atoms with Gasteiger partial charge < -0.3 is 24.5 Å². The van der Waals surface area contributed by atoms with E-state index in [0.29, 0.717) is 38.0 Å². The van der Waals surface area contributed by atoms with Crippen LogP contribution in [0.1, 0.15) is 44.0 Å². The number of rotatable bonds is 4. The number of carbonyl (C=O) groups excluding carboxylic acids is 1. The Bertz CT molecular complexity index is 471. The van der Waals surface area contributed by atoms with Crippen molar-refractivity contribution in [1.29, 1.82) is 0 Å². The number of nitrogens with one attached hydrogen (secondary N) is 1. The Hall–Kier alpha value is -1.53. The second kappa shape index (κ2) is 7.15. The number of nitrogens with zero attached hydrogens (tertiary/aromatic N) is 1. The predicted molar refractivity (Wildman–Crippen MR) is 80.4 cm³/mol. The molecule has 2 aliphatic rings. The molecule has 3 rings (SSSR count). The van der Waals surface area contributed by atoms with Gasteiger partial charge in [0, 0.05) is 19.0 Å². The Morgan fingerprint density at radius 3 is 3.00 bits per heavy atom. The molecule has 1 aromatic rings. The molecule has 1 aromatic heterocycles. The molecule has 2 fully saturated rings. The SMILES string of the molecule is O=C(NC1CCCC1)N1CCOCC1CC(O)c1ccco1. The standard InChI is InChI=1S/C16H24N2O4/c19-14(15-6-3-8-22-15)10-13-11-21-9-7-18(13)16(20)17-12-4-1-2-5-12/h3,6,8,12-14,19H,1-2,4-5,7,9-11H2,(H,17,20). The maximum atomic E-state index is 12.5. The first-order valence-electron chi connectivity index (χ1n) is 8.10. The first kappa shape index (κ1) is 15.4. The van der Waals surface area contributed by atoms with Gasteiger partial charge in [0.2, 0.25) is 0 Å². The van der Waals surface area contributed by atoms with Gasteiger partial charge in [-0.15, -0.1) is 0 Å². The third kappa shape index (κ3) is 3.62. The van der Waals surface area contributed by atoms with Crippen molar-refractivity contribution in [3.63, 3.8) is 0 Å². The van der Waals surface area contributed by atoms with Crippen LogP contribution in [0.15, 0.2) is 22.8 Å². The number of aliphatic hydroxyl groups is 1. The van der Waals surface area contributed by atoms with E-state index in [1.54, 1.807) is 23.3 Å². The Kier molecular flexibility index (Phi) is 5.00. The Labute approximate surface area is 130 Å². The lowest BCUT2D eigenvalue weighted by atomic mass is 10.1. The zero-order valence-electron chi connectivity index (χ0n) is 12.7. The molecule has 2 atom stereocenters. The number of hydrogen-bond acceptors (Lipinski definition) is 4. The summed E-state index contributed by atoms with van der Waals surface area (Å²) in [6, 6.07) is 3.63. The van der Waals surface area contributed by atoms with Crippen molar-refractivity contribution in [2.45, 2.75) is 50.3 Å². The van der Waals surface area contributed by atoms with E-state index >= 15 is 0 Å². The monoisotopic (exact) mass is 308 g/mol. The summed E-state index contributed by atoms with van der Waals surface area (Å²) < 4.78 is 10.7. The van der Waals surface area contributed by atoms with Gasteiger partial charge in [0.1, 0.15) is 11.9 Å². The van der Waals surface area contributed by atoms with Crippen LogP contribution in [0.4, 0.5) is 4.79 Å². The summed E-state index contributed by atoms with van der Waals surface area (Å²) in [7, 11) is 0. The number of urea groups is 1. The minimum Gasteiger partial charge on any atom is -0.467 e. The fourth-order valence-corrected chi connectivity index (χ4v) is 3.30.